The van der Waals surface area contributed by atoms with E-state index in [9.17, 15) is 0 Å². The maximum atomic E-state index is 4.37. The van der Waals surface area contributed by atoms with Crippen LogP contribution in [-0.2, 0) is 7.05 Å². The van der Waals surface area contributed by atoms with E-state index in [1.54, 1.807) is 0 Å². The van der Waals surface area contributed by atoms with Gasteiger partial charge >= 0.3 is 0 Å². The van der Waals surface area contributed by atoms with Crippen molar-refractivity contribution in [3.8, 4) is 11.3 Å². The van der Waals surface area contributed by atoms with Crippen molar-refractivity contribution in [1.82, 2.24) is 14.9 Å². The number of benzene rings is 1. The van der Waals surface area contributed by atoms with Crippen LogP contribution in [0.1, 0.15) is 12.0 Å². The molecule has 0 atom stereocenters. The number of hydrogen-bond acceptors (Lipinski definition) is 2. The van der Waals surface area contributed by atoms with Crippen LogP contribution in [-0.4, -0.2) is 22.6 Å². The van der Waals surface area contributed by atoms with Crippen LogP contribution in [0, 0.1) is 0 Å². The smallest absolute Gasteiger partial charge is 0.0951 e. The number of halogens is 2. The summed E-state index contributed by atoms with van der Waals surface area (Å²) in [6.07, 6.45) is 7.26. The molecule has 1 aliphatic heterocycles. The zero-order valence-corrected chi connectivity index (χ0v) is 13.0. The summed E-state index contributed by atoms with van der Waals surface area (Å²) in [5.74, 6) is 0. The zero-order valence-electron chi connectivity index (χ0n) is 11.4. The SMILES string of the molecule is Cl.Cl.Cn1cnc(-c2ccc(C3=CCNCC3)cc2)c1. The molecule has 0 radical (unpaired) electrons. The lowest BCUT2D eigenvalue weighted by Gasteiger charge is -2.14. The molecule has 0 fully saturated rings. The van der Waals surface area contributed by atoms with E-state index in [2.05, 4.69) is 40.6 Å². The number of hydrogen-bond donors (Lipinski definition) is 1. The van der Waals surface area contributed by atoms with Gasteiger partial charge in [-0.1, -0.05) is 30.3 Å². The van der Waals surface area contributed by atoms with Gasteiger partial charge in [0.15, 0.2) is 0 Å². The number of aryl methyl sites for hydroxylation is 1. The Morgan fingerprint density at radius 3 is 2.35 bits per heavy atom. The average molecular weight is 312 g/mol. The fourth-order valence-corrected chi connectivity index (χ4v) is 2.30. The third-order valence-electron chi connectivity index (χ3n) is 3.32. The molecule has 5 heteroatoms. The van der Waals surface area contributed by atoms with E-state index in [0.29, 0.717) is 0 Å². The van der Waals surface area contributed by atoms with E-state index in [-0.39, 0.29) is 24.8 Å². The molecule has 2 aromatic rings. The van der Waals surface area contributed by atoms with Crippen LogP contribution in [0.15, 0.2) is 42.9 Å². The summed E-state index contributed by atoms with van der Waals surface area (Å²) in [6, 6.07) is 8.70. The van der Waals surface area contributed by atoms with Crippen molar-refractivity contribution in [3.63, 3.8) is 0 Å². The van der Waals surface area contributed by atoms with E-state index in [1.165, 1.54) is 16.7 Å². The minimum atomic E-state index is 0. The monoisotopic (exact) mass is 311 g/mol. The Morgan fingerprint density at radius 2 is 1.80 bits per heavy atom. The maximum Gasteiger partial charge on any atom is 0.0951 e. The van der Waals surface area contributed by atoms with Gasteiger partial charge in [-0.05, 0) is 24.1 Å². The first-order valence-corrected chi connectivity index (χ1v) is 6.31. The van der Waals surface area contributed by atoms with Gasteiger partial charge in [-0.3, -0.25) is 0 Å². The molecule has 1 aliphatic rings. The second-order valence-corrected chi connectivity index (χ2v) is 4.69. The van der Waals surface area contributed by atoms with Gasteiger partial charge < -0.3 is 9.88 Å². The first kappa shape index (κ1) is 16.8. The van der Waals surface area contributed by atoms with Crippen molar-refractivity contribution in [2.45, 2.75) is 6.42 Å². The van der Waals surface area contributed by atoms with Crippen molar-refractivity contribution in [1.29, 1.82) is 0 Å². The molecular formula is C15H19Cl2N3. The van der Waals surface area contributed by atoms with Gasteiger partial charge in [0.1, 0.15) is 0 Å². The van der Waals surface area contributed by atoms with Crippen molar-refractivity contribution >= 4 is 30.4 Å². The van der Waals surface area contributed by atoms with E-state index in [4.69, 9.17) is 0 Å². The second-order valence-electron chi connectivity index (χ2n) is 4.69. The van der Waals surface area contributed by atoms with E-state index in [0.717, 1.165) is 25.2 Å². The minimum Gasteiger partial charge on any atom is -0.340 e. The fraction of sp³-hybridized carbons (Fsp3) is 0.267. The highest BCUT2D eigenvalue weighted by atomic mass is 35.5. The first-order chi connectivity index (χ1) is 8.83. The molecule has 1 aromatic carbocycles. The molecule has 3 nitrogen and oxygen atoms in total. The summed E-state index contributed by atoms with van der Waals surface area (Å²) < 4.78 is 1.97. The van der Waals surface area contributed by atoms with Crippen LogP contribution in [0.3, 0.4) is 0 Å². The van der Waals surface area contributed by atoms with Crippen molar-refractivity contribution in [3.05, 3.63) is 48.4 Å². The Balaban J connectivity index is 0.000001000. The van der Waals surface area contributed by atoms with Crippen molar-refractivity contribution in [2.75, 3.05) is 13.1 Å². The lowest BCUT2D eigenvalue weighted by molar-refractivity contribution is 0.738. The molecule has 1 aromatic heterocycles. The lowest BCUT2D eigenvalue weighted by atomic mass is 9.99. The Morgan fingerprint density at radius 1 is 1.10 bits per heavy atom. The normalized spacial score (nSPS) is 13.9. The van der Waals surface area contributed by atoms with Crippen molar-refractivity contribution < 1.29 is 0 Å². The molecule has 20 heavy (non-hydrogen) atoms. The predicted octanol–water partition coefficient (Wildman–Crippen LogP) is 3.31. The van der Waals surface area contributed by atoms with Crippen LogP contribution < -0.4 is 5.32 Å². The maximum absolute atomic E-state index is 4.37. The van der Waals surface area contributed by atoms with E-state index >= 15 is 0 Å². The van der Waals surface area contributed by atoms with Gasteiger partial charge in [0.25, 0.3) is 0 Å². The molecule has 1 N–H and O–H groups in total. The molecule has 108 valence electrons. The lowest BCUT2D eigenvalue weighted by Crippen LogP contribution is -2.19. The molecule has 0 aliphatic carbocycles. The topological polar surface area (TPSA) is 29.9 Å². The summed E-state index contributed by atoms with van der Waals surface area (Å²) >= 11 is 0. The van der Waals surface area contributed by atoms with Crippen LogP contribution in [0.2, 0.25) is 0 Å². The molecule has 0 saturated heterocycles. The molecule has 3 rings (SSSR count). The van der Waals surface area contributed by atoms with Gasteiger partial charge in [0.05, 0.1) is 12.0 Å². The number of imidazole rings is 1. The summed E-state index contributed by atoms with van der Waals surface area (Å²) in [7, 11) is 1.99. The largest absolute Gasteiger partial charge is 0.340 e. The van der Waals surface area contributed by atoms with E-state index < -0.39 is 0 Å². The molecule has 0 saturated carbocycles. The molecule has 2 heterocycles. The highest BCUT2D eigenvalue weighted by molar-refractivity contribution is 5.85. The summed E-state index contributed by atoms with van der Waals surface area (Å²) in [6.45, 7) is 2.06. The summed E-state index contributed by atoms with van der Waals surface area (Å²) in [5, 5.41) is 3.34. The molecule has 0 amide bonds. The zero-order chi connectivity index (χ0) is 12.4. The van der Waals surface area contributed by atoms with Gasteiger partial charge in [0.2, 0.25) is 0 Å². The van der Waals surface area contributed by atoms with Crippen LogP contribution >= 0.6 is 24.8 Å². The average Bonchev–Trinajstić information content (AvgIpc) is 2.87. The summed E-state index contributed by atoms with van der Waals surface area (Å²) in [4.78, 5) is 4.37. The number of aromatic nitrogens is 2. The van der Waals surface area contributed by atoms with Crippen LogP contribution in [0.5, 0.6) is 0 Å². The third kappa shape index (κ3) is 3.63. The summed E-state index contributed by atoms with van der Waals surface area (Å²) in [5.41, 5.74) is 4.98. The van der Waals surface area contributed by atoms with Gasteiger partial charge in [-0.25, -0.2) is 4.98 Å². The minimum absolute atomic E-state index is 0. The second kappa shape index (κ2) is 7.48. The Labute approximate surface area is 131 Å². The van der Waals surface area contributed by atoms with Gasteiger partial charge in [0, 0.05) is 25.4 Å². The highest BCUT2D eigenvalue weighted by Crippen LogP contribution is 2.23. The molecule has 0 unspecified atom stereocenters. The predicted molar refractivity (Wildman–Crippen MR) is 88.6 cm³/mol. The van der Waals surface area contributed by atoms with Crippen molar-refractivity contribution in [2.24, 2.45) is 7.05 Å². The molecule has 0 bridgehead atoms. The molecule has 0 spiro atoms. The third-order valence-corrected chi connectivity index (χ3v) is 3.32. The Kier molecular flexibility index (Phi) is 6.27. The molecular weight excluding hydrogens is 293 g/mol. The number of nitrogens with one attached hydrogen (secondary N) is 1. The number of rotatable bonds is 2. The quantitative estimate of drug-likeness (QED) is 0.922. The standard InChI is InChI=1S/C15H17N3.2ClH/c1-18-10-15(17-11-18)14-4-2-12(3-5-14)13-6-8-16-9-7-13;;/h2-6,10-11,16H,7-9H2,1H3;2*1H. The number of nitrogens with zero attached hydrogens (tertiary/aromatic N) is 2. The van der Waals surface area contributed by atoms with Crippen LogP contribution in [0.25, 0.3) is 16.8 Å². The van der Waals surface area contributed by atoms with Gasteiger partial charge in [-0.2, -0.15) is 0 Å². The highest BCUT2D eigenvalue weighted by Gasteiger charge is 2.06. The van der Waals surface area contributed by atoms with E-state index in [1.807, 2.05) is 24.1 Å². The van der Waals surface area contributed by atoms with Gasteiger partial charge in [-0.15, -0.1) is 24.8 Å². The van der Waals surface area contributed by atoms with Crippen LogP contribution in [0.4, 0.5) is 0 Å². The Bertz CT molecular complexity index is 573. The Hall–Kier alpha value is -1.29. The fourth-order valence-electron chi connectivity index (χ4n) is 2.30. The first-order valence-electron chi connectivity index (χ1n) is 6.31.